The standard InChI is InChI=1S/C21H18N2O6S/c1-2-23-19(26)17(11-13-6-3-4-9-16(13)29-12-18(24)25)30-21(23)22-15-8-5-7-14(10-15)20(27)28/h3-11H,2,12H2,1H3,(H,24,25)(H,27,28)/b17-11-,22-21?. The molecular formula is C21H18N2O6S. The molecule has 2 aromatic carbocycles. The molecule has 1 heterocycles. The lowest BCUT2D eigenvalue weighted by Gasteiger charge is -2.12. The molecule has 0 atom stereocenters. The summed E-state index contributed by atoms with van der Waals surface area (Å²) in [6.45, 7) is 1.71. The fourth-order valence-electron chi connectivity index (χ4n) is 2.70. The average Bonchev–Trinajstić information content (AvgIpc) is 3.01. The smallest absolute Gasteiger partial charge is 0.341 e. The van der Waals surface area contributed by atoms with Crippen LogP contribution in [0.5, 0.6) is 5.75 Å². The summed E-state index contributed by atoms with van der Waals surface area (Å²) in [7, 11) is 0. The van der Waals surface area contributed by atoms with Gasteiger partial charge in [-0.25, -0.2) is 14.6 Å². The van der Waals surface area contributed by atoms with Crippen LogP contribution < -0.4 is 4.74 Å². The van der Waals surface area contributed by atoms with Crippen LogP contribution in [0.1, 0.15) is 22.8 Å². The van der Waals surface area contributed by atoms with Gasteiger partial charge in [-0.15, -0.1) is 0 Å². The second-order valence-electron chi connectivity index (χ2n) is 6.13. The third kappa shape index (κ3) is 4.87. The van der Waals surface area contributed by atoms with Gasteiger partial charge in [0.25, 0.3) is 5.91 Å². The lowest BCUT2D eigenvalue weighted by Crippen LogP contribution is -2.28. The number of carboxylic acid groups (broad SMARTS) is 2. The Hall–Kier alpha value is -3.59. The van der Waals surface area contributed by atoms with Gasteiger partial charge in [0.15, 0.2) is 11.8 Å². The number of aliphatic imine (C=N–C) groups is 1. The number of amides is 1. The van der Waals surface area contributed by atoms with Gasteiger partial charge in [-0.05, 0) is 49.0 Å². The molecule has 1 amide bonds. The highest BCUT2D eigenvalue weighted by atomic mass is 32.2. The molecule has 0 saturated carbocycles. The highest BCUT2D eigenvalue weighted by Crippen LogP contribution is 2.35. The summed E-state index contributed by atoms with van der Waals surface area (Å²) in [5.74, 6) is -2.05. The van der Waals surface area contributed by atoms with Crippen molar-refractivity contribution < 1.29 is 29.3 Å². The zero-order chi connectivity index (χ0) is 21.7. The van der Waals surface area contributed by atoms with Crippen molar-refractivity contribution in [1.82, 2.24) is 4.90 Å². The maximum atomic E-state index is 12.8. The van der Waals surface area contributed by atoms with Crippen LogP contribution in [0.4, 0.5) is 5.69 Å². The maximum Gasteiger partial charge on any atom is 0.341 e. The number of rotatable bonds is 7. The number of thioether (sulfide) groups is 1. The van der Waals surface area contributed by atoms with Crippen LogP contribution in [-0.4, -0.2) is 51.3 Å². The van der Waals surface area contributed by atoms with E-state index in [1.54, 1.807) is 42.5 Å². The van der Waals surface area contributed by atoms with Gasteiger partial charge in [0, 0.05) is 12.1 Å². The number of carboxylic acids is 2. The number of likely N-dealkylation sites (N-methyl/N-ethyl adjacent to an activating group) is 1. The summed E-state index contributed by atoms with van der Waals surface area (Å²) >= 11 is 1.16. The van der Waals surface area contributed by atoms with Crippen LogP contribution in [0.3, 0.4) is 0 Å². The highest BCUT2D eigenvalue weighted by Gasteiger charge is 2.32. The number of nitrogens with zero attached hydrogens (tertiary/aromatic N) is 2. The minimum atomic E-state index is -1.10. The van der Waals surface area contributed by atoms with Crippen LogP contribution in [0.2, 0.25) is 0 Å². The predicted molar refractivity (Wildman–Crippen MR) is 113 cm³/mol. The van der Waals surface area contributed by atoms with Gasteiger partial charge in [0.2, 0.25) is 0 Å². The van der Waals surface area contributed by atoms with Crippen molar-refractivity contribution in [3.8, 4) is 5.75 Å². The number of carbonyl (C=O) groups excluding carboxylic acids is 1. The third-order valence-electron chi connectivity index (χ3n) is 4.08. The van der Waals surface area contributed by atoms with E-state index < -0.39 is 18.5 Å². The van der Waals surface area contributed by atoms with E-state index in [9.17, 15) is 14.4 Å². The molecule has 2 aromatic rings. The Morgan fingerprint density at radius 1 is 1.17 bits per heavy atom. The molecule has 1 fully saturated rings. The molecule has 0 aromatic heterocycles. The molecule has 0 unspecified atom stereocenters. The van der Waals surface area contributed by atoms with E-state index in [2.05, 4.69) is 4.99 Å². The molecule has 154 valence electrons. The van der Waals surface area contributed by atoms with Crippen LogP contribution in [0.15, 0.2) is 58.4 Å². The van der Waals surface area contributed by atoms with Crippen molar-refractivity contribution in [2.24, 2.45) is 4.99 Å². The van der Waals surface area contributed by atoms with Crippen molar-refractivity contribution in [3.63, 3.8) is 0 Å². The van der Waals surface area contributed by atoms with Gasteiger partial charge in [0.1, 0.15) is 5.75 Å². The number of amidine groups is 1. The van der Waals surface area contributed by atoms with Crippen LogP contribution in [-0.2, 0) is 9.59 Å². The van der Waals surface area contributed by atoms with E-state index in [1.165, 1.54) is 17.0 Å². The Morgan fingerprint density at radius 2 is 1.93 bits per heavy atom. The van der Waals surface area contributed by atoms with E-state index in [0.717, 1.165) is 11.8 Å². The summed E-state index contributed by atoms with van der Waals surface area (Å²) in [5, 5.41) is 18.4. The number of carbonyl (C=O) groups is 3. The Kier molecular flexibility index (Phi) is 6.53. The minimum Gasteiger partial charge on any atom is -0.481 e. The minimum absolute atomic E-state index is 0.106. The number of para-hydroxylation sites is 1. The Bertz CT molecular complexity index is 1060. The molecule has 0 aliphatic carbocycles. The number of benzene rings is 2. The normalized spacial score (nSPS) is 16.3. The van der Waals surface area contributed by atoms with E-state index in [1.807, 2.05) is 6.92 Å². The lowest BCUT2D eigenvalue weighted by atomic mass is 10.2. The molecule has 0 bridgehead atoms. The summed E-state index contributed by atoms with van der Waals surface area (Å²) in [4.78, 5) is 41.1. The molecule has 0 spiro atoms. The van der Waals surface area contributed by atoms with Gasteiger partial charge in [0.05, 0.1) is 16.2 Å². The molecule has 0 radical (unpaired) electrons. The van der Waals surface area contributed by atoms with Gasteiger partial charge in [-0.1, -0.05) is 24.3 Å². The SMILES string of the molecule is CCN1C(=O)/C(=C/c2ccccc2OCC(=O)O)SC1=Nc1cccc(C(=O)O)c1. The van der Waals surface area contributed by atoms with Crippen LogP contribution >= 0.6 is 11.8 Å². The molecule has 8 nitrogen and oxygen atoms in total. The Labute approximate surface area is 176 Å². The van der Waals surface area contributed by atoms with Crippen molar-refractivity contribution >= 4 is 46.5 Å². The highest BCUT2D eigenvalue weighted by molar-refractivity contribution is 8.18. The first kappa shape index (κ1) is 21.1. The van der Waals surface area contributed by atoms with E-state index in [4.69, 9.17) is 14.9 Å². The first-order valence-corrected chi connectivity index (χ1v) is 9.77. The first-order valence-electron chi connectivity index (χ1n) is 8.96. The third-order valence-corrected chi connectivity index (χ3v) is 5.09. The second kappa shape index (κ2) is 9.27. The summed E-state index contributed by atoms with van der Waals surface area (Å²) < 4.78 is 5.29. The predicted octanol–water partition coefficient (Wildman–Crippen LogP) is 3.47. The Balaban J connectivity index is 1.92. The van der Waals surface area contributed by atoms with Crippen molar-refractivity contribution in [2.75, 3.05) is 13.2 Å². The van der Waals surface area contributed by atoms with Gasteiger partial charge in [-0.3, -0.25) is 9.69 Å². The number of hydrogen-bond acceptors (Lipinski definition) is 6. The van der Waals surface area contributed by atoms with E-state index in [-0.39, 0.29) is 11.5 Å². The average molecular weight is 426 g/mol. The molecule has 1 aliphatic rings. The molecule has 2 N–H and O–H groups in total. The Morgan fingerprint density at radius 3 is 2.63 bits per heavy atom. The summed E-state index contributed by atoms with van der Waals surface area (Å²) in [6, 6.07) is 13.0. The number of ether oxygens (including phenoxy) is 1. The first-order chi connectivity index (χ1) is 14.4. The number of aromatic carboxylic acids is 1. The fraction of sp³-hybridized carbons (Fsp3) is 0.143. The largest absolute Gasteiger partial charge is 0.481 e. The zero-order valence-corrected chi connectivity index (χ0v) is 16.8. The lowest BCUT2D eigenvalue weighted by molar-refractivity contribution is -0.139. The fourth-order valence-corrected chi connectivity index (χ4v) is 3.75. The van der Waals surface area contributed by atoms with Crippen LogP contribution in [0, 0.1) is 0 Å². The van der Waals surface area contributed by atoms with E-state index in [0.29, 0.717) is 33.6 Å². The molecule has 3 rings (SSSR count). The maximum absolute atomic E-state index is 12.8. The molecule has 30 heavy (non-hydrogen) atoms. The van der Waals surface area contributed by atoms with Crippen molar-refractivity contribution in [2.45, 2.75) is 6.92 Å². The van der Waals surface area contributed by atoms with Gasteiger partial charge >= 0.3 is 11.9 Å². The van der Waals surface area contributed by atoms with Crippen LogP contribution in [0.25, 0.3) is 6.08 Å². The summed E-state index contributed by atoms with van der Waals surface area (Å²) in [5.41, 5.74) is 1.10. The van der Waals surface area contributed by atoms with E-state index >= 15 is 0 Å². The van der Waals surface area contributed by atoms with Crippen molar-refractivity contribution in [3.05, 3.63) is 64.6 Å². The summed E-state index contributed by atoms with van der Waals surface area (Å²) in [6.07, 6.45) is 1.63. The monoisotopic (exact) mass is 426 g/mol. The molecular weight excluding hydrogens is 408 g/mol. The van der Waals surface area contributed by atoms with Crippen molar-refractivity contribution in [1.29, 1.82) is 0 Å². The quantitative estimate of drug-likeness (QED) is 0.651. The number of aliphatic carboxylic acids is 1. The molecule has 1 aliphatic heterocycles. The van der Waals surface area contributed by atoms with Gasteiger partial charge in [-0.2, -0.15) is 0 Å². The second-order valence-corrected chi connectivity index (χ2v) is 7.14. The van der Waals surface area contributed by atoms with Gasteiger partial charge < -0.3 is 14.9 Å². The number of hydrogen-bond donors (Lipinski definition) is 2. The molecule has 9 heteroatoms. The molecule has 1 saturated heterocycles. The topological polar surface area (TPSA) is 117 Å². The zero-order valence-electron chi connectivity index (χ0n) is 15.9.